The molecule has 3 heteroatoms. The molecule has 2 unspecified atom stereocenters. The highest BCUT2D eigenvalue weighted by molar-refractivity contribution is 7.98. The second kappa shape index (κ2) is 5.57. The molecule has 1 heterocycles. The Kier molecular flexibility index (Phi) is 3.77. The van der Waals surface area contributed by atoms with Gasteiger partial charge in [0.15, 0.2) is 0 Å². The van der Waals surface area contributed by atoms with E-state index < -0.39 is 0 Å². The average Bonchev–Trinajstić information content (AvgIpc) is 2.84. The van der Waals surface area contributed by atoms with Crippen molar-refractivity contribution in [3.63, 3.8) is 0 Å². The number of hydrogen-bond acceptors (Lipinski definition) is 2. The van der Waals surface area contributed by atoms with Gasteiger partial charge in [-0.05, 0) is 29.5 Å². The van der Waals surface area contributed by atoms with Crippen LogP contribution >= 0.6 is 11.8 Å². The topological polar surface area (TPSA) is 29.1 Å². The monoisotopic (exact) mass is 297 g/mol. The smallest absolute Gasteiger partial charge is 0.221 e. The molecule has 21 heavy (non-hydrogen) atoms. The zero-order valence-corrected chi connectivity index (χ0v) is 13.1. The fourth-order valence-corrected chi connectivity index (χ4v) is 3.55. The standard InChI is InChI=1S/C18H19NOS/c1-18(14-8-10-15(21-2)11-9-14)12-16(20)19-17(18)13-6-4-3-5-7-13/h3-11,17H,12H2,1-2H3,(H,19,20). The minimum atomic E-state index is -0.199. The van der Waals surface area contributed by atoms with Crippen molar-refractivity contribution in [2.24, 2.45) is 0 Å². The second-order valence-electron chi connectivity index (χ2n) is 5.73. The SMILES string of the molecule is CSc1ccc(C2(C)CC(=O)NC2c2ccccc2)cc1. The van der Waals surface area contributed by atoms with E-state index in [1.54, 1.807) is 11.8 Å². The van der Waals surface area contributed by atoms with Crippen molar-refractivity contribution in [3.8, 4) is 0 Å². The summed E-state index contributed by atoms with van der Waals surface area (Å²) in [6.45, 7) is 2.18. The molecule has 0 radical (unpaired) electrons. The number of rotatable bonds is 3. The zero-order valence-electron chi connectivity index (χ0n) is 12.3. The minimum Gasteiger partial charge on any atom is -0.348 e. The van der Waals surface area contributed by atoms with Crippen LogP contribution in [0.5, 0.6) is 0 Å². The third-order valence-corrected chi connectivity index (χ3v) is 5.10. The Morgan fingerprint density at radius 1 is 1.10 bits per heavy atom. The molecule has 1 amide bonds. The van der Waals surface area contributed by atoms with Gasteiger partial charge in [-0.2, -0.15) is 0 Å². The van der Waals surface area contributed by atoms with E-state index >= 15 is 0 Å². The van der Waals surface area contributed by atoms with Gasteiger partial charge in [-0.3, -0.25) is 4.79 Å². The van der Waals surface area contributed by atoms with Crippen LogP contribution in [0.2, 0.25) is 0 Å². The Hall–Kier alpha value is -1.74. The number of amides is 1. The summed E-state index contributed by atoms with van der Waals surface area (Å²) in [5.74, 6) is 0.125. The van der Waals surface area contributed by atoms with Crippen LogP contribution in [0.25, 0.3) is 0 Å². The van der Waals surface area contributed by atoms with Gasteiger partial charge in [-0.25, -0.2) is 0 Å². The van der Waals surface area contributed by atoms with Gasteiger partial charge >= 0.3 is 0 Å². The molecule has 0 saturated carbocycles. The fraction of sp³-hybridized carbons (Fsp3) is 0.278. The lowest BCUT2D eigenvalue weighted by atomic mass is 9.74. The maximum Gasteiger partial charge on any atom is 0.221 e. The molecule has 0 aromatic heterocycles. The van der Waals surface area contributed by atoms with Gasteiger partial charge < -0.3 is 5.32 Å². The highest BCUT2D eigenvalue weighted by Gasteiger charge is 2.45. The number of hydrogen-bond donors (Lipinski definition) is 1. The zero-order chi connectivity index (χ0) is 14.9. The summed E-state index contributed by atoms with van der Waals surface area (Å²) >= 11 is 1.73. The van der Waals surface area contributed by atoms with Crippen molar-refractivity contribution in [2.45, 2.75) is 29.7 Å². The molecule has 108 valence electrons. The van der Waals surface area contributed by atoms with Gasteiger partial charge in [0.05, 0.1) is 6.04 Å². The molecule has 0 aliphatic carbocycles. The first-order chi connectivity index (χ1) is 10.1. The van der Waals surface area contributed by atoms with Crippen LogP contribution in [0.4, 0.5) is 0 Å². The van der Waals surface area contributed by atoms with Crippen LogP contribution < -0.4 is 5.32 Å². The molecule has 2 nitrogen and oxygen atoms in total. The lowest BCUT2D eigenvalue weighted by molar-refractivity contribution is -0.119. The van der Waals surface area contributed by atoms with Gasteiger partial charge in [0, 0.05) is 16.7 Å². The predicted molar refractivity (Wildman–Crippen MR) is 87.5 cm³/mol. The Balaban J connectivity index is 2.01. The van der Waals surface area contributed by atoms with Crippen molar-refractivity contribution < 1.29 is 4.79 Å². The van der Waals surface area contributed by atoms with Crippen LogP contribution in [0.1, 0.15) is 30.5 Å². The first-order valence-electron chi connectivity index (χ1n) is 7.12. The molecule has 0 bridgehead atoms. The van der Waals surface area contributed by atoms with Crippen LogP contribution in [-0.2, 0) is 10.2 Å². The number of thioether (sulfide) groups is 1. The van der Waals surface area contributed by atoms with Crippen molar-refractivity contribution in [2.75, 3.05) is 6.26 Å². The molecular formula is C18H19NOS. The number of nitrogens with one attached hydrogen (secondary N) is 1. The lowest BCUT2D eigenvalue weighted by Gasteiger charge is -2.31. The summed E-state index contributed by atoms with van der Waals surface area (Å²) in [6, 6.07) is 18.8. The normalized spacial score (nSPS) is 24.9. The van der Waals surface area contributed by atoms with Crippen LogP contribution in [0, 0.1) is 0 Å². The van der Waals surface area contributed by atoms with Crippen LogP contribution in [0.3, 0.4) is 0 Å². The average molecular weight is 297 g/mol. The van der Waals surface area contributed by atoms with E-state index in [2.05, 4.69) is 54.9 Å². The molecule has 2 aromatic carbocycles. The second-order valence-corrected chi connectivity index (χ2v) is 6.61. The van der Waals surface area contributed by atoms with Crippen molar-refractivity contribution in [1.29, 1.82) is 0 Å². The summed E-state index contributed by atoms with van der Waals surface area (Å²) in [6.07, 6.45) is 2.61. The number of carbonyl (C=O) groups excluding carboxylic acids is 1. The van der Waals surface area contributed by atoms with Crippen molar-refractivity contribution in [3.05, 3.63) is 65.7 Å². The van der Waals surface area contributed by atoms with E-state index in [1.165, 1.54) is 16.0 Å². The lowest BCUT2D eigenvalue weighted by Crippen LogP contribution is -2.30. The molecule has 1 fully saturated rings. The van der Waals surface area contributed by atoms with E-state index in [0.29, 0.717) is 6.42 Å². The quantitative estimate of drug-likeness (QED) is 0.870. The molecule has 1 saturated heterocycles. The van der Waals surface area contributed by atoms with Crippen molar-refractivity contribution >= 4 is 17.7 Å². The highest BCUT2D eigenvalue weighted by atomic mass is 32.2. The Bertz CT molecular complexity index is 638. The molecule has 3 rings (SSSR count). The summed E-state index contributed by atoms with van der Waals surface area (Å²) in [7, 11) is 0. The maximum atomic E-state index is 12.0. The summed E-state index contributed by atoms with van der Waals surface area (Å²) in [5.41, 5.74) is 2.18. The maximum absolute atomic E-state index is 12.0. The Labute approximate surface area is 130 Å². The van der Waals surface area contributed by atoms with Gasteiger partial charge in [0.1, 0.15) is 0 Å². The van der Waals surface area contributed by atoms with E-state index in [1.807, 2.05) is 18.2 Å². The van der Waals surface area contributed by atoms with E-state index in [0.717, 1.165) is 0 Å². The number of benzene rings is 2. The molecular weight excluding hydrogens is 278 g/mol. The van der Waals surface area contributed by atoms with Gasteiger partial charge in [-0.15, -0.1) is 11.8 Å². The van der Waals surface area contributed by atoms with Crippen molar-refractivity contribution in [1.82, 2.24) is 5.32 Å². The first-order valence-corrected chi connectivity index (χ1v) is 8.35. The third kappa shape index (κ3) is 2.58. The molecule has 2 aromatic rings. The highest BCUT2D eigenvalue weighted by Crippen LogP contribution is 2.44. The molecule has 0 spiro atoms. The van der Waals surface area contributed by atoms with E-state index in [4.69, 9.17) is 0 Å². The van der Waals surface area contributed by atoms with Gasteiger partial charge in [0.2, 0.25) is 5.91 Å². The Morgan fingerprint density at radius 3 is 2.38 bits per heavy atom. The molecule has 1 aliphatic rings. The molecule has 1 aliphatic heterocycles. The van der Waals surface area contributed by atoms with Gasteiger partial charge in [0.25, 0.3) is 0 Å². The van der Waals surface area contributed by atoms with Gasteiger partial charge in [-0.1, -0.05) is 49.4 Å². The third-order valence-electron chi connectivity index (χ3n) is 4.35. The molecule has 1 N–H and O–H groups in total. The number of carbonyl (C=O) groups is 1. The summed E-state index contributed by atoms with van der Waals surface area (Å²) < 4.78 is 0. The first kappa shape index (κ1) is 14.2. The minimum absolute atomic E-state index is 0.0336. The fourth-order valence-electron chi connectivity index (χ4n) is 3.14. The summed E-state index contributed by atoms with van der Waals surface area (Å²) in [5, 5.41) is 3.14. The van der Waals surface area contributed by atoms with Crippen LogP contribution in [0.15, 0.2) is 59.5 Å². The largest absolute Gasteiger partial charge is 0.348 e. The summed E-state index contributed by atoms with van der Waals surface area (Å²) in [4.78, 5) is 13.3. The predicted octanol–water partition coefficient (Wildman–Crippen LogP) is 3.93. The van der Waals surface area contributed by atoms with E-state index in [9.17, 15) is 4.79 Å². The Morgan fingerprint density at radius 2 is 1.76 bits per heavy atom. The molecule has 2 atom stereocenters. The van der Waals surface area contributed by atoms with E-state index in [-0.39, 0.29) is 17.4 Å². The van der Waals surface area contributed by atoms with Crippen LogP contribution in [-0.4, -0.2) is 12.2 Å².